The number of hydrogen-bond donors (Lipinski definition) is 2. The molecule has 2 rings (SSSR count). The van der Waals surface area contributed by atoms with Crippen molar-refractivity contribution in [3.05, 3.63) is 58.2 Å². The van der Waals surface area contributed by atoms with Crippen LogP contribution in [0.15, 0.2) is 36.4 Å². The molecule has 0 aliphatic heterocycles. The molecule has 7 heteroatoms. The molecule has 1 aromatic carbocycles. The number of anilines is 1. The zero-order valence-electron chi connectivity index (χ0n) is 10.9. The Kier molecular flexibility index (Phi) is 4.69. The minimum absolute atomic E-state index is 0.105. The molecule has 2 aromatic rings. The molecule has 0 aliphatic rings. The molecule has 0 unspecified atom stereocenters. The Labute approximate surface area is 124 Å². The maximum Gasteiger partial charge on any atom is 0.433 e. The molecular weight excluding hydrogens is 303 g/mol. The first-order valence-corrected chi connectivity index (χ1v) is 6.53. The SMILES string of the molecule is NCc1ccc(C(F)(F)F)nc1NCc1ccc(Cl)cc1. The van der Waals surface area contributed by atoms with E-state index in [2.05, 4.69) is 10.3 Å². The van der Waals surface area contributed by atoms with Gasteiger partial charge < -0.3 is 11.1 Å². The second-order valence-electron chi connectivity index (χ2n) is 4.39. The standard InChI is InChI=1S/C14H13ClF3N3/c15-11-4-1-9(2-5-11)8-20-13-10(7-19)3-6-12(21-13)14(16,17)18/h1-6H,7-8,19H2,(H,20,21). The summed E-state index contributed by atoms with van der Waals surface area (Å²) in [5.74, 6) is 0.141. The molecule has 3 nitrogen and oxygen atoms in total. The molecule has 0 radical (unpaired) electrons. The fraction of sp³-hybridized carbons (Fsp3) is 0.214. The Morgan fingerprint density at radius 3 is 2.33 bits per heavy atom. The highest BCUT2D eigenvalue weighted by atomic mass is 35.5. The smallest absolute Gasteiger partial charge is 0.366 e. The highest BCUT2D eigenvalue weighted by Crippen LogP contribution is 2.29. The number of halogens is 4. The van der Waals surface area contributed by atoms with Crippen LogP contribution in [0, 0.1) is 0 Å². The average Bonchev–Trinajstić information content (AvgIpc) is 2.45. The molecular formula is C14H13ClF3N3. The van der Waals surface area contributed by atoms with Crippen LogP contribution in [0.5, 0.6) is 0 Å². The van der Waals surface area contributed by atoms with E-state index in [-0.39, 0.29) is 12.4 Å². The minimum atomic E-state index is -4.48. The van der Waals surface area contributed by atoms with Crippen molar-refractivity contribution >= 4 is 17.4 Å². The van der Waals surface area contributed by atoms with E-state index >= 15 is 0 Å². The normalized spacial score (nSPS) is 11.5. The summed E-state index contributed by atoms with van der Waals surface area (Å²) in [5.41, 5.74) is 5.98. The Hall–Kier alpha value is -1.79. The molecule has 0 spiro atoms. The molecule has 3 N–H and O–H groups in total. The lowest BCUT2D eigenvalue weighted by Crippen LogP contribution is -2.13. The summed E-state index contributed by atoms with van der Waals surface area (Å²) >= 11 is 5.77. The van der Waals surface area contributed by atoms with Gasteiger partial charge in [0, 0.05) is 23.7 Å². The molecule has 0 bridgehead atoms. The number of hydrogen-bond acceptors (Lipinski definition) is 3. The predicted molar refractivity (Wildman–Crippen MR) is 75.9 cm³/mol. The van der Waals surface area contributed by atoms with Gasteiger partial charge in [-0.25, -0.2) is 4.98 Å². The van der Waals surface area contributed by atoms with Gasteiger partial charge in [0.1, 0.15) is 11.5 Å². The number of pyridine rings is 1. The van der Waals surface area contributed by atoms with Crippen molar-refractivity contribution in [2.24, 2.45) is 5.73 Å². The van der Waals surface area contributed by atoms with E-state index in [1.54, 1.807) is 24.3 Å². The topological polar surface area (TPSA) is 50.9 Å². The summed E-state index contributed by atoms with van der Waals surface area (Å²) in [6, 6.07) is 9.25. The zero-order valence-corrected chi connectivity index (χ0v) is 11.7. The third-order valence-corrected chi connectivity index (χ3v) is 3.11. The van der Waals surface area contributed by atoms with E-state index in [0.29, 0.717) is 17.1 Å². The van der Waals surface area contributed by atoms with Crippen LogP contribution in [-0.2, 0) is 19.3 Å². The molecule has 0 saturated carbocycles. The predicted octanol–water partition coefficient (Wildman–Crippen LogP) is 3.82. The van der Waals surface area contributed by atoms with E-state index < -0.39 is 11.9 Å². The van der Waals surface area contributed by atoms with Crippen molar-refractivity contribution in [3.8, 4) is 0 Å². The summed E-state index contributed by atoms with van der Waals surface area (Å²) in [6.45, 7) is 0.437. The first-order valence-electron chi connectivity index (χ1n) is 6.15. The number of nitrogens with zero attached hydrogens (tertiary/aromatic N) is 1. The lowest BCUT2D eigenvalue weighted by molar-refractivity contribution is -0.141. The highest BCUT2D eigenvalue weighted by Gasteiger charge is 2.32. The fourth-order valence-electron chi connectivity index (χ4n) is 1.75. The van der Waals surface area contributed by atoms with Gasteiger partial charge in [-0.05, 0) is 23.8 Å². The van der Waals surface area contributed by atoms with Crippen LogP contribution in [-0.4, -0.2) is 4.98 Å². The molecule has 0 atom stereocenters. The molecule has 21 heavy (non-hydrogen) atoms. The second kappa shape index (κ2) is 6.32. The second-order valence-corrected chi connectivity index (χ2v) is 4.82. The van der Waals surface area contributed by atoms with Crippen LogP contribution in [0.2, 0.25) is 5.02 Å². The van der Waals surface area contributed by atoms with Crippen molar-refractivity contribution in [3.63, 3.8) is 0 Å². The van der Waals surface area contributed by atoms with Crippen LogP contribution < -0.4 is 11.1 Å². The molecule has 1 aromatic heterocycles. The molecule has 112 valence electrons. The first kappa shape index (κ1) is 15.6. The van der Waals surface area contributed by atoms with Crippen LogP contribution in [0.25, 0.3) is 0 Å². The summed E-state index contributed by atoms with van der Waals surface area (Å²) in [4.78, 5) is 3.61. The number of alkyl halides is 3. The number of rotatable bonds is 4. The van der Waals surface area contributed by atoms with Gasteiger partial charge in [-0.15, -0.1) is 0 Å². The van der Waals surface area contributed by atoms with Crippen molar-refractivity contribution in [2.45, 2.75) is 19.3 Å². The van der Waals surface area contributed by atoms with Crippen molar-refractivity contribution in [1.82, 2.24) is 4.98 Å². The average molecular weight is 316 g/mol. The van der Waals surface area contributed by atoms with Crippen LogP contribution >= 0.6 is 11.6 Å². The lowest BCUT2D eigenvalue weighted by Gasteiger charge is -2.13. The van der Waals surface area contributed by atoms with E-state index in [1.807, 2.05) is 0 Å². The summed E-state index contributed by atoms with van der Waals surface area (Å²) < 4.78 is 38.0. The maximum absolute atomic E-state index is 12.7. The van der Waals surface area contributed by atoms with Crippen LogP contribution in [0.1, 0.15) is 16.8 Å². The van der Waals surface area contributed by atoms with E-state index in [4.69, 9.17) is 17.3 Å². The highest BCUT2D eigenvalue weighted by molar-refractivity contribution is 6.30. The molecule has 1 heterocycles. The number of nitrogens with one attached hydrogen (secondary N) is 1. The Morgan fingerprint density at radius 1 is 1.10 bits per heavy atom. The zero-order chi connectivity index (χ0) is 15.5. The van der Waals surface area contributed by atoms with Crippen LogP contribution in [0.3, 0.4) is 0 Å². The van der Waals surface area contributed by atoms with Gasteiger partial charge in [0.15, 0.2) is 0 Å². The number of nitrogens with two attached hydrogens (primary N) is 1. The Morgan fingerprint density at radius 2 is 1.76 bits per heavy atom. The minimum Gasteiger partial charge on any atom is -0.366 e. The van der Waals surface area contributed by atoms with Crippen molar-refractivity contribution < 1.29 is 13.2 Å². The Bertz CT molecular complexity index is 612. The van der Waals surface area contributed by atoms with Crippen LogP contribution in [0.4, 0.5) is 19.0 Å². The third-order valence-electron chi connectivity index (χ3n) is 2.86. The van der Waals surface area contributed by atoms with Gasteiger partial charge in [-0.1, -0.05) is 29.8 Å². The quantitative estimate of drug-likeness (QED) is 0.901. The molecule has 0 saturated heterocycles. The van der Waals surface area contributed by atoms with E-state index in [0.717, 1.165) is 11.6 Å². The first-order chi connectivity index (χ1) is 9.90. The fourth-order valence-corrected chi connectivity index (χ4v) is 1.88. The van der Waals surface area contributed by atoms with Gasteiger partial charge in [0.25, 0.3) is 0 Å². The monoisotopic (exact) mass is 315 g/mol. The number of aromatic nitrogens is 1. The van der Waals surface area contributed by atoms with Gasteiger partial charge in [-0.2, -0.15) is 13.2 Å². The molecule has 0 aliphatic carbocycles. The number of benzene rings is 1. The molecule has 0 fully saturated rings. The van der Waals surface area contributed by atoms with Gasteiger partial charge in [0.05, 0.1) is 0 Å². The molecule has 0 amide bonds. The van der Waals surface area contributed by atoms with Gasteiger partial charge >= 0.3 is 6.18 Å². The van der Waals surface area contributed by atoms with Gasteiger partial charge in [-0.3, -0.25) is 0 Å². The maximum atomic E-state index is 12.7. The summed E-state index contributed by atoms with van der Waals surface area (Å²) in [5, 5.41) is 3.47. The summed E-state index contributed by atoms with van der Waals surface area (Å²) in [7, 11) is 0. The Balaban J connectivity index is 2.19. The lowest BCUT2D eigenvalue weighted by atomic mass is 10.2. The van der Waals surface area contributed by atoms with Gasteiger partial charge in [0.2, 0.25) is 0 Å². The summed E-state index contributed by atoms with van der Waals surface area (Å²) in [6.07, 6.45) is -4.48. The third kappa shape index (κ3) is 4.09. The van der Waals surface area contributed by atoms with E-state index in [9.17, 15) is 13.2 Å². The largest absolute Gasteiger partial charge is 0.433 e. The van der Waals surface area contributed by atoms with Crippen molar-refractivity contribution in [1.29, 1.82) is 0 Å². The van der Waals surface area contributed by atoms with Crippen molar-refractivity contribution in [2.75, 3.05) is 5.32 Å². The van der Waals surface area contributed by atoms with E-state index in [1.165, 1.54) is 6.07 Å².